The molecule has 26 heavy (non-hydrogen) atoms. The van der Waals surface area contributed by atoms with Gasteiger partial charge in [0.2, 0.25) is 5.95 Å². The summed E-state index contributed by atoms with van der Waals surface area (Å²) in [6.45, 7) is 4.85. The largest absolute Gasteiger partial charge is 0.393 e. The van der Waals surface area contributed by atoms with Gasteiger partial charge in [0.05, 0.1) is 11.8 Å². The van der Waals surface area contributed by atoms with Crippen molar-refractivity contribution in [1.29, 1.82) is 0 Å². The van der Waals surface area contributed by atoms with Gasteiger partial charge in [-0.3, -0.25) is 0 Å². The molecule has 0 spiro atoms. The van der Waals surface area contributed by atoms with Crippen molar-refractivity contribution in [2.75, 3.05) is 11.5 Å². The van der Waals surface area contributed by atoms with Gasteiger partial charge < -0.3 is 16.6 Å². The van der Waals surface area contributed by atoms with Crippen LogP contribution in [0.2, 0.25) is 0 Å². The number of anilines is 2. The summed E-state index contributed by atoms with van der Waals surface area (Å²) in [6.07, 6.45) is 9.08. The van der Waals surface area contributed by atoms with E-state index in [0.29, 0.717) is 23.6 Å². The predicted octanol–water partition coefficient (Wildman–Crippen LogP) is 2.96. The van der Waals surface area contributed by atoms with E-state index in [1.54, 1.807) is 0 Å². The number of nitrogens with zero attached hydrogens (tertiary/aromatic N) is 2. The Labute approximate surface area is 156 Å². The second-order valence-corrected chi connectivity index (χ2v) is 10.1. The highest BCUT2D eigenvalue weighted by Crippen LogP contribution is 2.65. The van der Waals surface area contributed by atoms with Gasteiger partial charge in [0.15, 0.2) is 0 Å². The van der Waals surface area contributed by atoms with Crippen LogP contribution in [0, 0.1) is 34.5 Å². The van der Waals surface area contributed by atoms with Crippen molar-refractivity contribution in [1.82, 2.24) is 9.97 Å². The van der Waals surface area contributed by atoms with Crippen LogP contribution in [0.4, 0.5) is 11.8 Å². The van der Waals surface area contributed by atoms with Crippen LogP contribution >= 0.6 is 0 Å². The Morgan fingerprint density at radius 2 is 1.73 bits per heavy atom. The van der Waals surface area contributed by atoms with E-state index in [2.05, 4.69) is 23.8 Å². The lowest BCUT2D eigenvalue weighted by Crippen LogP contribution is -2.54. The minimum absolute atomic E-state index is 0.0990. The molecule has 3 fully saturated rings. The number of hydrogen-bond acceptors (Lipinski definition) is 5. The first-order chi connectivity index (χ1) is 12.3. The lowest BCUT2D eigenvalue weighted by molar-refractivity contribution is -0.111. The molecule has 1 heterocycles. The van der Waals surface area contributed by atoms with Crippen molar-refractivity contribution < 1.29 is 5.11 Å². The van der Waals surface area contributed by atoms with Gasteiger partial charge in [-0.2, -0.15) is 4.98 Å². The van der Waals surface area contributed by atoms with Crippen LogP contribution in [-0.4, -0.2) is 21.2 Å². The Hall–Kier alpha value is -1.36. The zero-order valence-electron chi connectivity index (χ0n) is 16.0. The molecule has 1 aromatic rings. The minimum Gasteiger partial charge on any atom is -0.393 e. The second kappa shape index (κ2) is 5.34. The summed E-state index contributed by atoms with van der Waals surface area (Å²) >= 11 is 0. The maximum absolute atomic E-state index is 10.6. The van der Waals surface area contributed by atoms with Crippen LogP contribution in [0.5, 0.6) is 0 Å². The van der Waals surface area contributed by atoms with E-state index in [0.717, 1.165) is 42.4 Å². The molecule has 3 saturated carbocycles. The van der Waals surface area contributed by atoms with Crippen molar-refractivity contribution in [3.8, 4) is 0 Å². The molecule has 0 aromatic carbocycles. The number of aliphatic hydroxyl groups is 1. The van der Waals surface area contributed by atoms with Crippen molar-refractivity contribution in [3.63, 3.8) is 0 Å². The Balaban J connectivity index is 1.52. The highest BCUT2D eigenvalue weighted by atomic mass is 16.3. The third kappa shape index (κ3) is 2.07. The van der Waals surface area contributed by atoms with Gasteiger partial charge >= 0.3 is 0 Å². The number of nitrogen functional groups attached to an aromatic ring is 2. The molecule has 5 heteroatoms. The molecule has 0 amide bonds. The summed E-state index contributed by atoms with van der Waals surface area (Å²) in [5.41, 5.74) is 14.8. The van der Waals surface area contributed by atoms with E-state index < -0.39 is 0 Å². The number of rotatable bonds is 0. The molecule has 142 valence electrons. The Morgan fingerprint density at radius 1 is 0.962 bits per heavy atom. The van der Waals surface area contributed by atoms with Crippen LogP contribution in [0.15, 0.2) is 0 Å². The van der Waals surface area contributed by atoms with Crippen molar-refractivity contribution in [2.24, 2.45) is 34.5 Å². The quantitative estimate of drug-likeness (QED) is 0.664. The fourth-order valence-corrected chi connectivity index (χ4v) is 7.66. The van der Waals surface area contributed by atoms with Gasteiger partial charge in [0.1, 0.15) is 5.82 Å². The Morgan fingerprint density at radius 3 is 2.54 bits per heavy atom. The van der Waals surface area contributed by atoms with Gasteiger partial charge in [-0.05, 0) is 85.9 Å². The standard InChI is InChI=1S/C21H32N4O/c1-20-8-7-15-12(14(20)5-6-17(20)26)4-3-11-9-16-13(10-21(11,15)2)18(22)25-19(23)24-16/h11-12,14-15,17,26H,3-10H2,1-2H3,(H4,22,23,24,25). The van der Waals surface area contributed by atoms with Gasteiger partial charge in [0.25, 0.3) is 0 Å². The van der Waals surface area contributed by atoms with E-state index in [1.165, 1.54) is 32.1 Å². The monoisotopic (exact) mass is 356 g/mol. The molecular formula is C21H32N4O. The summed E-state index contributed by atoms with van der Waals surface area (Å²) in [4.78, 5) is 8.77. The van der Waals surface area contributed by atoms with E-state index in [4.69, 9.17) is 11.5 Å². The van der Waals surface area contributed by atoms with Gasteiger partial charge in [0, 0.05) is 5.56 Å². The molecule has 0 saturated heterocycles. The number of aromatic nitrogens is 2. The molecule has 5 rings (SSSR count). The molecule has 0 aliphatic heterocycles. The van der Waals surface area contributed by atoms with Crippen LogP contribution in [0.3, 0.4) is 0 Å². The van der Waals surface area contributed by atoms with Crippen LogP contribution in [0.1, 0.15) is 63.6 Å². The zero-order valence-corrected chi connectivity index (χ0v) is 16.0. The van der Waals surface area contributed by atoms with Crippen molar-refractivity contribution in [2.45, 2.75) is 71.3 Å². The lowest BCUT2D eigenvalue weighted by atomic mass is 9.45. The van der Waals surface area contributed by atoms with Crippen LogP contribution in [0.25, 0.3) is 0 Å². The smallest absolute Gasteiger partial charge is 0.222 e. The van der Waals surface area contributed by atoms with Crippen LogP contribution in [-0.2, 0) is 12.8 Å². The number of hydrogen-bond donors (Lipinski definition) is 3. The van der Waals surface area contributed by atoms with E-state index in [-0.39, 0.29) is 16.9 Å². The third-order valence-electron chi connectivity index (χ3n) is 9.15. The van der Waals surface area contributed by atoms with E-state index in [9.17, 15) is 5.11 Å². The predicted molar refractivity (Wildman–Crippen MR) is 102 cm³/mol. The molecule has 4 aliphatic carbocycles. The Bertz CT molecular complexity index is 752. The summed E-state index contributed by atoms with van der Waals surface area (Å²) < 4.78 is 0. The number of aliphatic hydroxyl groups excluding tert-OH is 1. The first-order valence-electron chi connectivity index (χ1n) is 10.4. The molecular weight excluding hydrogens is 324 g/mol. The van der Waals surface area contributed by atoms with E-state index in [1.807, 2.05) is 0 Å². The molecule has 1 aromatic heterocycles. The molecule has 0 radical (unpaired) electrons. The maximum atomic E-state index is 10.6. The lowest BCUT2D eigenvalue weighted by Gasteiger charge is -2.60. The summed E-state index contributed by atoms with van der Waals surface area (Å²) in [5.74, 6) is 3.74. The first-order valence-corrected chi connectivity index (χ1v) is 10.4. The molecule has 0 bridgehead atoms. The number of nitrogens with two attached hydrogens (primary N) is 2. The normalized spacial score (nSPS) is 46.8. The van der Waals surface area contributed by atoms with Gasteiger partial charge in [-0.25, -0.2) is 4.98 Å². The third-order valence-corrected chi connectivity index (χ3v) is 9.15. The average molecular weight is 357 g/mol. The molecule has 7 atom stereocenters. The minimum atomic E-state index is -0.0990. The van der Waals surface area contributed by atoms with Crippen LogP contribution < -0.4 is 11.5 Å². The fraction of sp³-hybridized carbons (Fsp3) is 0.810. The highest BCUT2D eigenvalue weighted by molar-refractivity contribution is 5.48. The fourth-order valence-electron chi connectivity index (χ4n) is 7.66. The van der Waals surface area contributed by atoms with Crippen molar-refractivity contribution >= 4 is 11.8 Å². The summed E-state index contributed by atoms with van der Waals surface area (Å²) in [5, 5.41) is 10.6. The first kappa shape index (κ1) is 16.8. The zero-order chi connectivity index (χ0) is 18.3. The topological polar surface area (TPSA) is 98.0 Å². The molecule has 5 N–H and O–H groups in total. The molecule has 5 nitrogen and oxygen atoms in total. The molecule has 7 unspecified atom stereocenters. The summed E-state index contributed by atoms with van der Waals surface area (Å²) in [6, 6.07) is 0. The maximum Gasteiger partial charge on any atom is 0.222 e. The highest BCUT2D eigenvalue weighted by Gasteiger charge is 2.60. The Kier molecular flexibility index (Phi) is 3.45. The summed E-state index contributed by atoms with van der Waals surface area (Å²) in [7, 11) is 0. The van der Waals surface area contributed by atoms with E-state index >= 15 is 0 Å². The second-order valence-electron chi connectivity index (χ2n) is 10.1. The molecule has 4 aliphatic rings. The van der Waals surface area contributed by atoms with Gasteiger partial charge in [-0.15, -0.1) is 0 Å². The van der Waals surface area contributed by atoms with Gasteiger partial charge in [-0.1, -0.05) is 13.8 Å². The number of fused-ring (bicyclic) bond motifs is 6. The average Bonchev–Trinajstić information content (AvgIpc) is 2.89. The van der Waals surface area contributed by atoms with Crippen molar-refractivity contribution in [3.05, 3.63) is 11.3 Å². The SMILES string of the molecule is CC12CCC3C(CCC4Cc5nc(N)nc(N)c5CC43C)C1CCC2O.